The zero-order valence-corrected chi connectivity index (χ0v) is 16.4. The van der Waals surface area contributed by atoms with Gasteiger partial charge in [0.2, 0.25) is 0 Å². The summed E-state index contributed by atoms with van der Waals surface area (Å²) in [5, 5.41) is 0. The van der Waals surface area contributed by atoms with Gasteiger partial charge in [-0.15, -0.1) is 0 Å². The molecule has 6 nitrogen and oxygen atoms in total. The maximum absolute atomic E-state index is 14.7. The van der Waals surface area contributed by atoms with Crippen LogP contribution in [0.25, 0.3) is 11.1 Å². The second kappa shape index (κ2) is 8.59. The molecule has 30 heavy (non-hydrogen) atoms. The molecule has 0 amide bonds. The summed E-state index contributed by atoms with van der Waals surface area (Å²) >= 11 is 0. The molecule has 1 fully saturated rings. The molecule has 1 aliphatic heterocycles. The molecule has 0 spiro atoms. The SMILES string of the molecule is O=C(c1ccc(-c2ccccc2)c(F)c1)[C@H]1CCCN(Cc2cc(=O)[nH]c(=O)[nH]2)C1. The molecular formula is C23H22FN3O3. The zero-order valence-electron chi connectivity index (χ0n) is 16.4. The van der Waals surface area contributed by atoms with E-state index in [9.17, 15) is 18.8 Å². The van der Waals surface area contributed by atoms with E-state index in [4.69, 9.17) is 0 Å². The van der Waals surface area contributed by atoms with Crippen LogP contribution < -0.4 is 11.2 Å². The third-order valence-corrected chi connectivity index (χ3v) is 5.42. The number of carbonyl (C=O) groups excluding carboxylic acids is 1. The van der Waals surface area contributed by atoms with Gasteiger partial charge < -0.3 is 4.98 Å². The van der Waals surface area contributed by atoms with Crippen molar-refractivity contribution in [2.24, 2.45) is 5.92 Å². The number of hydrogen-bond acceptors (Lipinski definition) is 4. The van der Waals surface area contributed by atoms with Gasteiger partial charge in [-0.25, -0.2) is 9.18 Å². The van der Waals surface area contributed by atoms with Crippen molar-refractivity contribution in [2.75, 3.05) is 13.1 Å². The van der Waals surface area contributed by atoms with Crippen molar-refractivity contribution in [3.8, 4) is 11.1 Å². The summed E-state index contributed by atoms with van der Waals surface area (Å²) in [7, 11) is 0. The molecule has 1 atom stereocenters. The number of rotatable bonds is 5. The Morgan fingerprint density at radius 1 is 1.07 bits per heavy atom. The van der Waals surface area contributed by atoms with Gasteiger partial charge in [0.15, 0.2) is 5.78 Å². The molecular weight excluding hydrogens is 385 g/mol. The maximum atomic E-state index is 14.7. The Kier molecular flexibility index (Phi) is 5.72. The number of carbonyl (C=O) groups is 1. The Morgan fingerprint density at radius 2 is 1.87 bits per heavy atom. The lowest BCUT2D eigenvalue weighted by Gasteiger charge is -2.31. The predicted octanol–water partition coefficient (Wildman–Crippen LogP) is 2.96. The molecule has 7 heteroatoms. The number of H-pyrrole nitrogens is 2. The van der Waals surface area contributed by atoms with Crippen LogP contribution in [0.4, 0.5) is 4.39 Å². The van der Waals surface area contributed by atoms with Crippen molar-refractivity contribution in [3.63, 3.8) is 0 Å². The standard InChI is InChI=1S/C23H22FN3O3/c24-20-11-16(8-9-19(20)15-5-2-1-3-6-15)22(29)17-7-4-10-27(13-17)14-18-12-21(28)26-23(30)25-18/h1-3,5-6,8-9,11-12,17H,4,7,10,13-14H2,(H2,25,26,28,30)/t17-/m0/s1. The largest absolute Gasteiger partial charge is 0.325 e. The van der Waals surface area contributed by atoms with Crippen LogP contribution in [0.3, 0.4) is 0 Å². The number of halogens is 1. The van der Waals surface area contributed by atoms with E-state index >= 15 is 0 Å². The Bertz CT molecular complexity index is 1140. The van der Waals surface area contributed by atoms with Crippen molar-refractivity contribution >= 4 is 5.78 Å². The van der Waals surface area contributed by atoms with Crippen molar-refractivity contribution in [3.05, 3.63) is 92.5 Å². The molecule has 0 unspecified atom stereocenters. The number of aromatic amines is 2. The highest BCUT2D eigenvalue weighted by Gasteiger charge is 2.27. The van der Waals surface area contributed by atoms with Gasteiger partial charge in [-0.3, -0.25) is 19.5 Å². The number of aromatic nitrogens is 2. The molecule has 0 saturated carbocycles. The number of Topliss-reactive ketones (excluding diaryl/α,β-unsaturated/α-hetero) is 1. The minimum Gasteiger partial charge on any atom is -0.310 e. The molecule has 4 rings (SSSR count). The summed E-state index contributed by atoms with van der Waals surface area (Å²) in [4.78, 5) is 42.7. The van der Waals surface area contributed by atoms with Crippen LogP contribution in [0.1, 0.15) is 28.9 Å². The lowest BCUT2D eigenvalue weighted by atomic mass is 9.89. The van der Waals surface area contributed by atoms with E-state index in [1.54, 1.807) is 12.1 Å². The number of ketones is 1. The van der Waals surface area contributed by atoms with E-state index in [1.807, 2.05) is 35.2 Å². The summed E-state index contributed by atoms with van der Waals surface area (Å²) in [5.41, 5.74) is 1.11. The van der Waals surface area contributed by atoms with Crippen LogP contribution in [0, 0.1) is 11.7 Å². The molecule has 0 aliphatic carbocycles. The average Bonchev–Trinajstić information content (AvgIpc) is 2.73. The van der Waals surface area contributed by atoms with Crippen molar-refractivity contribution in [1.29, 1.82) is 0 Å². The predicted molar refractivity (Wildman–Crippen MR) is 112 cm³/mol. The molecule has 2 heterocycles. The lowest BCUT2D eigenvalue weighted by Crippen LogP contribution is -2.39. The Balaban J connectivity index is 1.48. The number of nitrogens with one attached hydrogen (secondary N) is 2. The highest BCUT2D eigenvalue weighted by atomic mass is 19.1. The molecule has 2 N–H and O–H groups in total. The number of benzene rings is 2. The van der Waals surface area contributed by atoms with Gasteiger partial charge in [-0.2, -0.15) is 0 Å². The van der Waals surface area contributed by atoms with E-state index in [0.29, 0.717) is 29.9 Å². The molecule has 154 valence electrons. The first-order valence-electron chi connectivity index (χ1n) is 9.93. The van der Waals surface area contributed by atoms with Crippen LogP contribution >= 0.6 is 0 Å². The van der Waals surface area contributed by atoms with E-state index in [-0.39, 0.29) is 11.7 Å². The molecule has 3 aromatic rings. The fourth-order valence-corrected chi connectivity index (χ4v) is 4.01. The van der Waals surface area contributed by atoms with E-state index < -0.39 is 17.1 Å². The summed E-state index contributed by atoms with van der Waals surface area (Å²) in [5.74, 6) is -0.757. The van der Waals surface area contributed by atoms with Crippen LogP contribution in [0.15, 0.2) is 64.2 Å². The molecule has 2 aromatic carbocycles. The second-order valence-corrected chi connectivity index (χ2v) is 7.61. The van der Waals surface area contributed by atoms with Crippen molar-refractivity contribution < 1.29 is 9.18 Å². The number of nitrogens with zero attached hydrogens (tertiary/aromatic N) is 1. The molecule has 1 aromatic heterocycles. The first kappa shape index (κ1) is 20.0. The molecule has 0 radical (unpaired) electrons. The highest BCUT2D eigenvalue weighted by molar-refractivity contribution is 5.98. The minimum atomic E-state index is -0.545. The fraction of sp³-hybridized carbons (Fsp3) is 0.261. The van der Waals surface area contributed by atoms with E-state index in [0.717, 1.165) is 24.9 Å². The first-order chi connectivity index (χ1) is 14.5. The summed E-state index contributed by atoms with van der Waals surface area (Å²) < 4.78 is 14.7. The van der Waals surface area contributed by atoms with E-state index in [1.165, 1.54) is 12.1 Å². The van der Waals surface area contributed by atoms with Crippen LogP contribution in [-0.2, 0) is 6.54 Å². The van der Waals surface area contributed by atoms with Crippen molar-refractivity contribution in [2.45, 2.75) is 19.4 Å². The van der Waals surface area contributed by atoms with Crippen LogP contribution in [0.5, 0.6) is 0 Å². The quantitative estimate of drug-likeness (QED) is 0.637. The van der Waals surface area contributed by atoms with Gasteiger partial charge in [0.1, 0.15) is 5.82 Å². The van der Waals surface area contributed by atoms with E-state index in [2.05, 4.69) is 9.97 Å². The molecule has 0 bridgehead atoms. The smallest absolute Gasteiger partial charge is 0.310 e. The second-order valence-electron chi connectivity index (χ2n) is 7.61. The molecule has 1 aliphatic rings. The lowest BCUT2D eigenvalue weighted by molar-refractivity contribution is 0.0809. The summed E-state index contributed by atoms with van der Waals surface area (Å²) in [6.07, 6.45) is 1.54. The Morgan fingerprint density at radius 3 is 2.60 bits per heavy atom. The minimum absolute atomic E-state index is 0.0855. The third kappa shape index (κ3) is 4.46. The fourth-order valence-electron chi connectivity index (χ4n) is 4.01. The average molecular weight is 407 g/mol. The number of likely N-dealkylation sites (tertiary alicyclic amines) is 1. The Hall–Kier alpha value is -3.32. The molecule has 1 saturated heterocycles. The first-order valence-corrected chi connectivity index (χ1v) is 9.93. The third-order valence-electron chi connectivity index (χ3n) is 5.42. The van der Waals surface area contributed by atoms with Gasteiger partial charge in [0.25, 0.3) is 5.56 Å². The van der Waals surface area contributed by atoms with Crippen LogP contribution in [0.2, 0.25) is 0 Å². The zero-order chi connectivity index (χ0) is 21.1. The number of hydrogen-bond donors (Lipinski definition) is 2. The maximum Gasteiger partial charge on any atom is 0.325 e. The monoisotopic (exact) mass is 407 g/mol. The normalized spacial score (nSPS) is 17.0. The van der Waals surface area contributed by atoms with Crippen molar-refractivity contribution in [1.82, 2.24) is 14.9 Å². The van der Waals surface area contributed by atoms with Gasteiger partial charge in [-0.1, -0.05) is 42.5 Å². The van der Waals surface area contributed by atoms with Gasteiger partial charge >= 0.3 is 5.69 Å². The summed E-state index contributed by atoms with van der Waals surface area (Å²) in [6, 6.07) is 15.2. The highest BCUT2D eigenvalue weighted by Crippen LogP contribution is 2.26. The summed E-state index contributed by atoms with van der Waals surface area (Å²) in [6.45, 7) is 1.64. The topological polar surface area (TPSA) is 86.0 Å². The van der Waals surface area contributed by atoms with Gasteiger partial charge in [0.05, 0.1) is 0 Å². The Labute approximate surface area is 172 Å². The van der Waals surface area contributed by atoms with Gasteiger partial charge in [0, 0.05) is 41.9 Å². The van der Waals surface area contributed by atoms with Gasteiger partial charge in [-0.05, 0) is 31.0 Å². The number of piperidine rings is 1. The van der Waals surface area contributed by atoms with Crippen LogP contribution in [-0.4, -0.2) is 33.7 Å².